The lowest BCUT2D eigenvalue weighted by atomic mass is 9.71. The molecule has 31 heavy (non-hydrogen) atoms. The molecule has 1 unspecified atom stereocenters. The Morgan fingerprint density at radius 1 is 0.968 bits per heavy atom. The van der Waals surface area contributed by atoms with Crippen LogP contribution in [0.3, 0.4) is 0 Å². The van der Waals surface area contributed by atoms with Crippen LogP contribution in [0.4, 0.5) is 0 Å². The molecule has 0 saturated carbocycles. The lowest BCUT2D eigenvalue weighted by Gasteiger charge is -2.43. The molecule has 1 atom stereocenters. The second kappa shape index (κ2) is 10.5. The van der Waals surface area contributed by atoms with E-state index in [0.717, 1.165) is 19.5 Å². The van der Waals surface area contributed by atoms with Crippen LogP contribution in [0.25, 0.3) is 0 Å². The zero-order valence-corrected chi connectivity index (χ0v) is 19.7. The van der Waals surface area contributed by atoms with Gasteiger partial charge in [0.05, 0.1) is 5.70 Å². The summed E-state index contributed by atoms with van der Waals surface area (Å²) in [5.41, 5.74) is 4.71. The van der Waals surface area contributed by atoms with Gasteiger partial charge in [-0.1, -0.05) is 62.4 Å². The molecule has 3 aliphatic rings. The van der Waals surface area contributed by atoms with Crippen LogP contribution in [-0.4, -0.2) is 42.5 Å². The molecule has 2 heterocycles. The highest BCUT2D eigenvalue weighted by atomic mass is 15.2. The first kappa shape index (κ1) is 22.2. The Morgan fingerprint density at radius 2 is 1.71 bits per heavy atom. The molecule has 0 bridgehead atoms. The normalized spacial score (nSPS) is 23.0. The molecule has 0 amide bonds. The Bertz CT molecular complexity index is 778. The van der Waals surface area contributed by atoms with Gasteiger partial charge in [-0.05, 0) is 68.2 Å². The van der Waals surface area contributed by atoms with Crippen LogP contribution in [0.5, 0.6) is 0 Å². The van der Waals surface area contributed by atoms with Gasteiger partial charge in [0.2, 0.25) is 0 Å². The Kier molecular flexibility index (Phi) is 7.55. The number of nitrogens with one attached hydrogen (secondary N) is 1. The Hall–Kier alpha value is -2.00. The number of nitrogens with zero attached hydrogens (tertiary/aromatic N) is 2. The number of likely N-dealkylation sites (tertiary alicyclic amines) is 2. The van der Waals surface area contributed by atoms with Gasteiger partial charge in [0.1, 0.15) is 0 Å². The average molecular weight is 420 g/mol. The number of allylic oxidation sites excluding steroid dienone is 4. The number of rotatable bonds is 7. The van der Waals surface area contributed by atoms with Crippen LogP contribution in [0.2, 0.25) is 0 Å². The molecule has 3 nitrogen and oxygen atoms in total. The third kappa shape index (κ3) is 5.83. The summed E-state index contributed by atoms with van der Waals surface area (Å²) >= 11 is 0. The van der Waals surface area contributed by atoms with Crippen molar-refractivity contribution in [3.05, 3.63) is 71.6 Å². The predicted molar refractivity (Wildman–Crippen MR) is 132 cm³/mol. The maximum Gasteiger partial charge on any atom is 0.0562 e. The van der Waals surface area contributed by atoms with E-state index < -0.39 is 0 Å². The third-order valence-electron chi connectivity index (χ3n) is 7.89. The first-order chi connectivity index (χ1) is 15.1. The fourth-order valence-electron chi connectivity index (χ4n) is 5.29. The van der Waals surface area contributed by atoms with Crippen molar-refractivity contribution in [2.24, 2.45) is 11.3 Å². The van der Waals surface area contributed by atoms with E-state index in [1.54, 1.807) is 0 Å². The summed E-state index contributed by atoms with van der Waals surface area (Å²) in [4.78, 5) is 5.24. The minimum Gasteiger partial charge on any atom is -0.386 e. The van der Waals surface area contributed by atoms with E-state index in [-0.39, 0.29) is 0 Å². The van der Waals surface area contributed by atoms with Crippen molar-refractivity contribution in [3.63, 3.8) is 0 Å². The molecule has 1 aliphatic carbocycles. The monoisotopic (exact) mass is 419 g/mol. The molecule has 3 heteroatoms. The van der Waals surface area contributed by atoms with Gasteiger partial charge in [0.15, 0.2) is 0 Å². The molecular weight excluding hydrogens is 378 g/mol. The Labute approximate surface area is 189 Å². The molecule has 4 rings (SSSR count). The molecule has 168 valence electrons. The summed E-state index contributed by atoms with van der Waals surface area (Å²) in [7, 11) is 0. The molecule has 0 spiro atoms. The lowest BCUT2D eigenvalue weighted by Crippen LogP contribution is -2.44. The SMILES string of the molecule is CC(CNC1=C(N2CCCCC2)C=CC=CC1)C1(C)CCN(Cc2ccccc2)CC1. The van der Waals surface area contributed by atoms with Crippen molar-refractivity contribution >= 4 is 0 Å². The van der Waals surface area contributed by atoms with Crippen LogP contribution in [-0.2, 0) is 6.54 Å². The fourth-order valence-corrected chi connectivity index (χ4v) is 5.29. The summed E-state index contributed by atoms with van der Waals surface area (Å²) in [6.45, 7) is 12.0. The first-order valence-corrected chi connectivity index (χ1v) is 12.5. The van der Waals surface area contributed by atoms with Crippen LogP contribution < -0.4 is 5.32 Å². The molecule has 2 saturated heterocycles. The largest absolute Gasteiger partial charge is 0.386 e. The van der Waals surface area contributed by atoms with Gasteiger partial charge in [0, 0.05) is 38.3 Å². The molecular formula is C28H41N3. The van der Waals surface area contributed by atoms with E-state index in [0.29, 0.717) is 11.3 Å². The summed E-state index contributed by atoms with van der Waals surface area (Å²) in [6, 6.07) is 10.9. The maximum absolute atomic E-state index is 3.90. The first-order valence-electron chi connectivity index (χ1n) is 12.5. The topological polar surface area (TPSA) is 18.5 Å². The highest BCUT2D eigenvalue weighted by molar-refractivity contribution is 5.31. The predicted octanol–water partition coefficient (Wildman–Crippen LogP) is 5.73. The van der Waals surface area contributed by atoms with Crippen LogP contribution in [0.1, 0.15) is 57.9 Å². The van der Waals surface area contributed by atoms with E-state index in [1.807, 2.05) is 0 Å². The quantitative estimate of drug-likeness (QED) is 0.609. The van der Waals surface area contributed by atoms with Crippen molar-refractivity contribution in [2.75, 3.05) is 32.7 Å². The van der Waals surface area contributed by atoms with Gasteiger partial charge >= 0.3 is 0 Å². The highest BCUT2D eigenvalue weighted by Crippen LogP contribution is 2.38. The summed E-state index contributed by atoms with van der Waals surface area (Å²) in [5.74, 6) is 0.665. The van der Waals surface area contributed by atoms with E-state index in [9.17, 15) is 0 Å². The Morgan fingerprint density at radius 3 is 2.45 bits per heavy atom. The molecule has 1 aromatic carbocycles. The minimum atomic E-state index is 0.419. The minimum absolute atomic E-state index is 0.419. The van der Waals surface area contributed by atoms with E-state index >= 15 is 0 Å². The average Bonchev–Trinajstić information content (AvgIpc) is 3.06. The summed E-state index contributed by atoms with van der Waals surface area (Å²) in [5, 5.41) is 3.90. The standard InChI is InChI=1S/C28H41N3/c1-24(28(2)16-20-30(21-17-28)23-25-12-6-3-7-13-25)22-29-26-14-8-4-9-15-27(26)31-18-10-5-11-19-31/h3-4,6-9,12-13,15,24,29H,5,10-11,14,16-23H2,1-2H3. The third-order valence-corrected chi connectivity index (χ3v) is 7.89. The molecule has 2 aliphatic heterocycles. The number of benzene rings is 1. The molecule has 0 aromatic heterocycles. The molecule has 0 radical (unpaired) electrons. The molecule has 1 aromatic rings. The van der Waals surface area contributed by atoms with Gasteiger partial charge in [-0.15, -0.1) is 0 Å². The molecule has 2 fully saturated rings. The van der Waals surface area contributed by atoms with E-state index in [1.165, 1.54) is 75.2 Å². The van der Waals surface area contributed by atoms with E-state index in [2.05, 4.69) is 83.6 Å². The van der Waals surface area contributed by atoms with Gasteiger partial charge in [0.25, 0.3) is 0 Å². The number of hydrogen-bond acceptors (Lipinski definition) is 3. The zero-order chi connectivity index (χ0) is 21.5. The van der Waals surface area contributed by atoms with Gasteiger partial charge in [-0.25, -0.2) is 0 Å². The Balaban J connectivity index is 1.33. The highest BCUT2D eigenvalue weighted by Gasteiger charge is 2.35. The van der Waals surface area contributed by atoms with Gasteiger partial charge in [-0.3, -0.25) is 4.90 Å². The number of hydrogen-bond donors (Lipinski definition) is 1. The van der Waals surface area contributed by atoms with Crippen LogP contribution >= 0.6 is 0 Å². The summed E-state index contributed by atoms with van der Waals surface area (Å²) < 4.78 is 0. The summed E-state index contributed by atoms with van der Waals surface area (Å²) in [6.07, 6.45) is 16.7. The second-order valence-corrected chi connectivity index (χ2v) is 10.1. The van der Waals surface area contributed by atoms with Crippen molar-refractivity contribution in [1.29, 1.82) is 0 Å². The smallest absolute Gasteiger partial charge is 0.0562 e. The van der Waals surface area contributed by atoms with Crippen molar-refractivity contribution in [1.82, 2.24) is 15.1 Å². The maximum atomic E-state index is 3.90. The van der Waals surface area contributed by atoms with Gasteiger partial charge < -0.3 is 10.2 Å². The lowest BCUT2D eigenvalue weighted by molar-refractivity contribution is 0.0677. The van der Waals surface area contributed by atoms with E-state index in [4.69, 9.17) is 0 Å². The van der Waals surface area contributed by atoms with Crippen molar-refractivity contribution in [2.45, 2.75) is 58.9 Å². The molecule has 1 N–H and O–H groups in total. The van der Waals surface area contributed by atoms with Gasteiger partial charge in [-0.2, -0.15) is 0 Å². The van der Waals surface area contributed by atoms with Crippen LogP contribution in [0.15, 0.2) is 66.0 Å². The fraction of sp³-hybridized carbons (Fsp3) is 0.571. The number of piperidine rings is 2. The van der Waals surface area contributed by atoms with Crippen LogP contribution in [0, 0.1) is 11.3 Å². The second-order valence-electron chi connectivity index (χ2n) is 10.1. The van der Waals surface area contributed by atoms with Crippen molar-refractivity contribution < 1.29 is 0 Å². The van der Waals surface area contributed by atoms with Crippen molar-refractivity contribution in [3.8, 4) is 0 Å². The zero-order valence-electron chi connectivity index (χ0n) is 19.7.